The summed E-state index contributed by atoms with van der Waals surface area (Å²) in [6.45, 7) is -0.0507. The van der Waals surface area contributed by atoms with Gasteiger partial charge in [0.1, 0.15) is 17.1 Å². The quantitative estimate of drug-likeness (QED) is 0.817. The van der Waals surface area contributed by atoms with Gasteiger partial charge in [0, 0.05) is 20.0 Å². The second-order valence-electron chi connectivity index (χ2n) is 4.38. The van der Waals surface area contributed by atoms with Crippen LogP contribution in [-0.4, -0.2) is 41.8 Å². The first kappa shape index (κ1) is 17.7. The maximum absolute atomic E-state index is 13.7. The number of hydrogen-bond acceptors (Lipinski definition) is 3. The highest BCUT2D eigenvalue weighted by atomic mass is 19.4. The van der Waals surface area contributed by atoms with Gasteiger partial charge >= 0.3 is 12.3 Å². The van der Waals surface area contributed by atoms with E-state index in [0.29, 0.717) is 0 Å². The van der Waals surface area contributed by atoms with Crippen LogP contribution in [0, 0.1) is 5.82 Å². The highest BCUT2D eigenvalue weighted by molar-refractivity contribution is 5.97. The van der Waals surface area contributed by atoms with E-state index in [4.69, 9.17) is 5.11 Å². The molecule has 1 rings (SSSR count). The topological polar surface area (TPSA) is 66.8 Å². The molecule has 0 radical (unpaired) electrons. The summed E-state index contributed by atoms with van der Waals surface area (Å²) in [5.74, 6) is -4.20. The number of carboxylic acid groups (broad SMARTS) is 1. The molecular formula is C13H13F4NO4. The molecular weight excluding hydrogens is 310 g/mol. The average molecular weight is 323 g/mol. The molecule has 1 aromatic carbocycles. The van der Waals surface area contributed by atoms with Crippen molar-refractivity contribution in [3.05, 3.63) is 29.6 Å². The van der Waals surface area contributed by atoms with Crippen LogP contribution in [0.3, 0.4) is 0 Å². The number of hydrogen-bond donors (Lipinski definition) is 1. The molecule has 1 N–H and O–H groups in total. The molecule has 0 aliphatic heterocycles. The van der Waals surface area contributed by atoms with Crippen LogP contribution in [0.25, 0.3) is 0 Å². The first-order valence-corrected chi connectivity index (χ1v) is 6.13. The lowest BCUT2D eigenvalue weighted by Gasteiger charge is -2.19. The number of halogens is 4. The summed E-state index contributed by atoms with van der Waals surface area (Å²) in [5, 5.41) is 8.49. The molecule has 5 nitrogen and oxygen atoms in total. The molecule has 0 saturated carbocycles. The van der Waals surface area contributed by atoms with Crippen LogP contribution in [0.1, 0.15) is 23.2 Å². The van der Waals surface area contributed by atoms with Gasteiger partial charge in [-0.15, -0.1) is 13.2 Å². The number of nitrogens with zero attached hydrogens (tertiary/aromatic N) is 1. The van der Waals surface area contributed by atoms with Crippen molar-refractivity contribution in [1.82, 2.24) is 4.90 Å². The van der Waals surface area contributed by atoms with Crippen molar-refractivity contribution in [3.63, 3.8) is 0 Å². The van der Waals surface area contributed by atoms with Gasteiger partial charge in [-0.3, -0.25) is 9.59 Å². The first-order valence-electron chi connectivity index (χ1n) is 6.13. The van der Waals surface area contributed by atoms with Gasteiger partial charge in [0.15, 0.2) is 0 Å². The highest BCUT2D eigenvalue weighted by Gasteiger charge is 2.34. The SMILES string of the molecule is CN(CCCC(=O)O)C(=O)c1c(F)cccc1OC(F)(F)F. The third-order valence-corrected chi connectivity index (χ3v) is 2.65. The number of alkyl halides is 3. The Balaban J connectivity index is 2.94. The highest BCUT2D eigenvalue weighted by Crippen LogP contribution is 2.28. The number of ether oxygens (including phenoxy) is 1. The second kappa shape index (κ2) is 7.10. The van der Waals surface area contributed by atoms with E-state index in [2.05, 4.69) is 4.74 Å². The Morgan fingerprint density at radius 1 is 1.32 bits per heavy atom. The van der Waals surface area contributed by atoms with Crippen molar-refractivity contribution < 1.29 is 37.0 Å². The van der Waals surface area contributed by atoms with Crippen LogP contribution in [0.15, 0.2) is 18.2 Å². The summed E-state index contributed by atoms with van der Waals surface area (Å²) in [7, 11) is 1.23. The summed E-state index contributed by atoms with van der Waals surface area (Å²) in [6.07, 6.45) is -5.20. The zero-order valence-electron chi connectivity index (χ0n) is 11.5. The number of aliphatic carboxylic acids is 1. The van der Waals surface area contributed by atoms with Crippen molar-refractivity contribution in [1.29, 1.82) is 0 Å². The minimum Gasteiger partial charge on any atom is -0.481 e. The number of carboxylic acids is 1. The average Bonchev–Trinajstić information content (AvgIpc) is 2.35. The summed E-state index contributed by atoms with van der Waals surface area (Å²) in [6, 6.07) is 2.65. The van der Waals surface area contributed by atoms with Crippen LogP contribution >= 0.6 is 0 Å². The maximum atomic E-state index is 13.7. The zero-order valence-corrected chi connectivity index (χ0v) is 11.5. The van der Waals surface area contributed by atoms with Crippen LogP contribution in [0.4, 0.5) is 17.6 Å². The molecule has 0 spiro atoms. The van der Waals surface area contributed by atoms with Crippen LogP contribution in [0.5, 0.6) is 5.75 Å². The Morgan fingerprint density at radius 3 is 2.50 bits per heavy atom. The first-order chi connectivity index (χ1) is 10.1. The molecule has 0 bridgehead atoms. The van der Waals surface area contributed by atoms with E-state index < -0.39 is 35.4 Å². The fourth-order valence-electron chi connectivity index (χ4n) is 1.68. The molecule has 0 saturated heterocycles. The van der Waals surface area contributed by atoms with Gasteiger partial charge in [-0.1, -0.05) is 6.07 Å². The molecule has 0 atom stereocenters. The Hall–Kier alpha value is -2.32. The molecule has 0 aliphatic carbocycles. The summed E-state index contributed by atoms with van der Waals surface area (Å²) in [4.78, 5) is 23.4. The largest absolute Gasteiger partial charge is 0.573 e. The summed E-state index contributed by atoms with van der Waals surface area (Å²) in [5.41, 5.74) is -0.849. The fraction of sp³-hybridized carbons (Fsp3) is 0.385. The molecule has 0 fully saturated rings. The van der Waals surface area contributed by atoms with Gasteiger partial charge in [0.25, 0.3) is 5.91 Å². The van der Waals surface area contributed by atoms with Crippen molar-refractivity contribution in [3.8, 4) is 5.75 Å². The lowest BCUT2D eigenvalue weighted by molar-refractivity contribution is -0.274. The van der Waals surface area contributed by atoms with Gasteiger partial charge in [0.2, 0.25) is 0 Å². The van der Waals surface area contributed by atoms with Gasteiger partial charge in [-0.05, 0) is 18.6 Å². The van der Waals surface area contributed by atoms with Crippen LogP contribution < -0.4 is 4.74 Å². The zero-order chi connectivity index (χ0) is 16.9. The molecule has 9 heteroatoms. The van der Waals surface area contributed by atoms with Gasteiger partial charge in [-0.25, -0.2) is 4.39 Å². The molecule has 0 unspecified atom stereocenters. The minimum absolute atomic E-state index is 0.0507. The summed E-state index contributed by atoms with van der Waals surface area (Å²) < 4.78 is 54.2. The number of carbonyl (C=O) groups is 2. The smallest absolute Gasteiger partial charge is 0.481 e. The van der Waals surface area contributed by atoms with E-state index >= 15 is 0 Å². The predicted octanol–water partition coefficient (Wildman–Crippen LogP) is 2.66. The van der Waals surface area contributed by atoms with E-state index in [1.165, 1.54) is 7.05 Å². The fourth-order valence-corrected chi connectivity index (χ4v) is 1.68. The molecule has 122 valence electrons. The van der Waals surface area contributed by atoms with Gasteiger partial charge in [-0.2, -0.15) is 0 Å². The Kier molecular flexibility index (Phi) is 5.72. The van der Waals surface area contributed by atoms with Crippen molar-refractivity contribution in [2.75, 3.05) is 13.6 Å². The van der Waals surface area contributed by atoms with Crippen molar-refractivity contribution in [2.24, 2.45) is 0 Å². The molecule has 0 aromatic heterocycles. The lowest BCUT2D eigenvalue weighted by Crippen LogP contribution is -2.30. The maximum Gasteiger partial charge on any atom is 0.573 e. The Morgan fingerprint density at radius 2 is 1.95 bits per heavy atom. The van der Waals surface area contributed by atoms with E-state index in [0.717, 1.165) is 23.1 Å². The minimum atomic E-state index is -5.06. The number of rotatable bonds is 6. The standard InChI is InChI=1S/C13H13F4NO4/c1-18(7-3-6-10(19)20)12(21)11-8(14)4-2-5-9(11)22-13(15,16)17/h2,4-5H,3,6-7H2,1H3,(H,19,20). The number of carbonyl (C=O) groups excluding carboxylic acids is 1. The van der Waals surface area contributed by atoms with Crippen LogP contribution in [0.2, 0.25) is 0 Å². The third kappa shape index (κ3) is 5.23. The van der Waals surface area contributed by atoms with E-state index in [1.807, 2.05) is 0 Å². The molecule has 0 aliphatic rings. The normalized spacial score (nSPS) is 11.1. The molecule has 22 heavy (non-hydrogen) atoms. The third-order valence-electron chi connectivity index (χ3n) is 2.65. The van der Waals surface area contributed by atoms with E-state index in [1.54, 1.807) is 0 Å². The van der Waals surface area contributed by atoms with E-state index in [9.17, 15) is 27.2 Å². The summed E-state index contributed by atoms with van der Waals surface area (Å²) >= 11 is 0. The molecule has 1 aromatic rings. The second-order valence-corrected chi connectivity index (χ2v) is 4.38. The van der Waals surface area contributed by atoms with Crippen LogP contribution in [-0.2, 0) is 4.79 Å². The van der Waals surface area contributed by atoms with Gasteiger partial charge < -0.3 is 14.7 Å². The Labute approximate surface area is 123 Å². The number of amides is 1. The van der Waals surface area contributed by atoms with Crippen molar-refractivity contribution in [2.45, 2.75) is 19.2 Å². The van der Waals surface area contributed by atoms with Crippen molar-refractivity contribution >= 4 is 11.9 Å². The lowest BCUT2D eigenvalue weighted by atomic mass is 10.1. The molecule has 0 heterocycles. The molecule has 1 amide bonds. The predicted molar refractivity (Wildman–Crippen MR) is 66.9 cm³/mol. The van der Waals surface area contributed by atoms with E-state index in [-0.39, 0.29) is 19.4 Å². The monoisotopic (exact) mass is 323 g/mol. The number of benzene rings is 1. The van der Waals surface area contributed by atoms with Gasteiger partial charge in [0.05, 0.1) is 0 Å². The Bertz CT molecular complexity index is 559.